The largest absolute Gasteiger partial charge is 0.383 e. The molecule has 0 N–H and O–H groups in total. The predicted molar refractivity (Wildman–Crippen MR) is 78.3 cm³/mol. The molecule has 2 aromatic carbocycles. The fourth-order valence-corrected chi connectivity index (χ4v) is 2.00. The van der Waals surface area contributed by atoms with Gasteiger partial charge in [-0.25, -0.2) is 0 Å². The zero-order valence-corrected chi connectivity index (χ0v) is 11.0. The van der Waals surface area contributed by atoms with Gasteiger partial charge in [-0.3, -0.25) is 0 Å². The first-order chi connectivity index (χ1) is 8.75. The first kappa shape index (κ1) is 12.4. The van der Waals surface area contributed by atoms with E-state index in [1.807, 2.05) is 0 Å². The Labute approximate surface area is 109 Å². The normalized spacial score (nSPS) is 11.3. The Morgan fingerprint density at radius 3 is 2.00 bits per heavy atom. The Morgan fingerprint density at radius 2 is 1.44 bits per heavy atom. The van der Waals surface area contributed by atoms with Gasteiger partial charge >= 0.3 is 0 Å². The standard InChI is InChI=1S/C17H19N/c1-18(2)14-17(16-11-7-4-8-12-16)13-15-9-5-3-6-10-15/h3-12,14H,13H2,1-2H3/b17-14-. The molecule has 0 aromatic heterocycles. The topological polar surface area (TPSA) is 3.24 Å². The highest BCUT2D eigenvalue weighted by molar-refractivity contribution is 5.67. The lowest BCUT2D eigenvalue weighted by Crippen LogP contribution is -2.04. The molecular formula is C17H19N. The minimum absolute atomic E-state index is 0.961. The van der Waals surface area contributed by atoms with Crippen LogP contribution in [-0.4, -0.2) is 19.0 Å². The number of benzene rings is 2. The lowest BCUT2D eigenvalue weighted by molar-refractivity contribution is 0.564. The van der Waals surface area contributed by atoms with E-state index in [0.29, 0.717) is 0 Å². The third-order valence-electron chi connectivity index (χ3n) is 2.80. The smallest absolute Gasteiger partial charge is 0.00557 e. The molecule has 0 aliphatic heterocycles. The number of rotatable bonds is 4. The Bertz CT molecular complexity index is 498. The van der Waals surface area contributed by atoms with Crippen molar-refractivity contribution in [3.05, 3.63) is 78.0 Å². The van der Waals surface area contributed by atoms with E-state index >= 15 is 0 Å². The van der Waals surface area contributed by atoms with Gasteiger partial charge in [0.15, 0.2) is 0 Å². The van der Waals surface area contributed by atoms with E-state index in [0.717, 1.165) is 6.42 Å². The summed E-state index contributed by atoms with van der Waals surface area (Å²) in [6.45, 7) is 0. The Hall–Kier alpha value is -2.02. The molecule has 0 bridgehead atoms. The van der Waals surface area contributed by atoms with Gasteiger partial charge in [-0.15, -0.1) is 0 Å². The van der Waals surface area contributed by atoms with Gasteiger partial charge in [0.1, 0.15) is 0 Å². The van der Waals surface area contributed by atoms with Gasteiger partial charge in [-0.1, -0.05) is 60.7 Å². The molecule has 92 valence electrons. The molecule has 1 nitrogen and oxygen atoms in total. The van der Waals surface area contributed by atoms with Crippen LogP contribution in [0.2, 0.25) is 0 Å². The van der Waals surface area contributed by atoms with E-state index in [1.54, 1.807) is 0 Å². The summed E-state index contributed by atoms with van der Waals surface area (Å²) < 4.78 is 0. The molecule has 0 amide bonds. The molecule has 2 aromatic rings. The Morgan fingerprint density at radius 1 is 0.889 bits per heavy atom. The van der Waals surface area contributed by atoms with E-state index in [9.17, 15) is 0 Å². The fraction of sp³-hybridized carbons (Fsp3) is 0.176. The molecule has 0 aliphatic rings. The van der Waals surface area contributed by atoms with Crippen LogP contribution < -0.4 is 0 Å². The van der Waals surface area contributed by atoms with E-state index < -0.39 is 0 Å². The highest BCUT2D eigenvalue weighted by atomic mass is 15.0. The molecule has 0 spiro atoms. The van der Waals surface area contributed by atoms with Crippen LogP contribution in [0.3, 0.4) is 0 Å². The van der Waals surface area contributed by atoms with E-state index in [1.165, 1.54) is 16.7 Å². The fourth-order valence-electron chi connectivity index (χ4n) is 2.00. The number of allylic oxidation sites excluding steroid dienone is 1. The lowest BCUT2D eigenvalue weighted by Gasteiger charge is -2.12. The van der Waals surface area contributed by atoms with Gasteiger partial charge in [0, 0.05) is 20.3 Å². The molecule has 1 heteroatoms. The van der Waals surface area contributed by atoms with Crippen LogP contribution in [0.5, 0.6) is 0 Å². The van der Waals surface area contributed by atoms with Crippen LogP contribution in [0.25, 0.3) is 5.57 Å². The minimum atomic E-state index is 0.961. The van der Waals surface area contributed by atoms with E-state index in [4.69, 9.17) is 0 Å². The summed E-state index contributed by atoms with van der Waals surface area (Å²) in [6.07, 6.45) is 3.16. The first-order valence-electron chi connectivity index (χ1n) is 6.22. The van der Waals surface area contributed by atoms with Gasteiger partial charge in [0.2, 0.25) is 0 Å². The van der Waals surface area contributed by atoms with Gasteiger partial charge in [-0.05, 0) is 23.1 Å². The highest BCUT2D eigenvalue weighted by Crippen LogP contribution is 2.19. The second kappa shape index (κ2) is 6.06. The van der Waals surface area contributed by atoms with Crippen LogP contribution >= 0.6 is 0 Å². The second-order valence-corrected chi connectivity index (χ2v) is 4.65. The number of nitrogens with zero attached hydrogens (tertiary/aromatic N) is 1. The molecule has 0 saturated heterocycles. The van der Waals surface area contributed by atoms with Crippen LogP contribution in [0, 0.1) is 0 Å². The monoisotopic (exact) mass is 237 g/mol. The van der Waals surface area contributed by atoms with Crippen LogP contribution in [0.1, 0.15) is 11.1 Å². The van der Waals surface area contributed by atoms with Gasteiger partial charge in [0.05, 0.1) is 0 Å². The van der Waals surface area contributed by atoms with Crippen LogP contribution in [0.4, 0.5) is 0 Å². The average Bonchev–Trinajstić information content (AvgIpc) is 2.40. The molecule has 0 unspecified atom stereocenters. The summed E-state index contributed by atoms with van der Waals surface area (Å²) in [7, 11) is 4.13. The summed E-state index contributed by atoms with van der Waals surface area (Å²) in [4.78, 5) is 2.10. The molecule has 0 saturated carbocycles. The van der Waals surface area contributed by atoms with Gasteiger partial charge < -0.3 is 4.90 Å². The maximum Gasteiger partial charge on any atom is 0.00557 e. The molecule has 2 rings (SSSR count). The molecule has 0 radical (unpaired) electrons. The summed E-state index contributed by atoms with van der Waals surface area (Å²) in [5, 5.41) is 0. The van der Waals surface area contributed by atoms with Crippen molar-refractivity contribution in [3.8, 4) is 0 Å². The predicted octanol–water partition coefficient (Wildman–Crippen LogP) is 3.83. The summed E-state index contributed by atoms with van der Waals surface area (Å²) in [5.74, 6) is 0. The van der Waals surface area contributed by atoms with Crippen LogP contribution in [-0.2, 0) is 6.42 Å². The van der Waals surface area contributed by atoms with Crippen molar-refractivity contribution in [2.24, 2.45) is 0 Å². The Balaban J connectivity index is 2.28. The van der Waals surface area contributed by atoms with Crippen molar-refractivity contribution >= 4 is 5.57 Å². The molecular weight excluding hydrogens is 218 g/mol. The van der Waals surface area contributed by atoms with Crippen molar-refractivity contribution in [1.29, 1.82) is 0 Å². The van der Waals surface area contributed by atoms with E-state index in [2.05, 4.69) is 85.9 Å². The SMILES string of the molecule is CN(C)/C=C(/Cc1ccccc1)c1ccccc1. The average molecular weight is 237 g/mol. The van der Waals surface area contributed by atoms with E-state index in [-0.39, 0.29) is 0 Å². The zero-order valence-electron chi connectivity index (χ0n) is 11.0. The van der Waals surface area contributed by atoms with Crippen LogP contribution in [0.15, 0.2) is 66.9 Å². The van der Waals surface area contributed by atoms with Crippen molar-refractivity contribution in [2.45, 2.75) is 6.42 Å². The maximum atomic E-state index is 2.20. The summed E-state index contributed by atoms with van der Waals surface area (Å²) in [5.41, 5.74) is 3.97. The summed E-state index contributed by atoms with van der Waals surface area (Å²) in [6, 6.07) is 21.1. The first-order valence-corrected chi connectivity index (χ1v) is 6.22. The molecule has 0 fully saturated rings. The second-order valence-electron chi connectivity index (χ2n) is 4.65. The van der Waals surface area contributed by atoms with Crippen molar-refractivity contribution in [3.63, 3.8) is 0 Å². The zero-order chi connectivity index (χ0) is 12.8. The Kier molecular flexibility index (Phi) is 4.19. The number of hydrogen-bond acceptors (Lipinski definition) is 1. The third-order valence-corrected chi connectivity index (χ3v) is 2.80. The highest BCUT2D eigenvalue weighted by Gasteiger charge is 2.03. The van der Waals surface area contributed by atoms with Gasteiger partial charge in [0.25, 0.3) is 0 Å². The number of hydrogen-bond donors (Lipinski definition) is 0. The van der Waals surface area contributed by atoms with Crippen molar-refractivity contribution in [2.75, 3.05) is 14.1 Å². The van der Waals surface area contributed by atoms with Crippen molar-refractivity contribution in [1.82, 2.24) is 4.90 Å². The molecule has 0 heterocycles. The minimum Gasteiger partial charge on any atom is -0.383 e. The summed E-state index contributed by atoms with van der Waals surface area (Å²) >= 11 is 0. The molecule has 0 atom stereocenters. The molecule has 0 aliphatic carbocycles. The quantitative estimate of drug-likeness (QED) is 0.781. The lowest BCUT2D eigenvalue weighted by atomic mass is 9.99. The third kappa shape index (κ3) is 3.49. The molecule has 18 heavy (non-hydrogen) atoms. The maximum absolute atomic E-state index is 2.20. The van der Waals surface area contributed by atoms with Gasteiger partial charge in [-0.2, -0.15) is 0 Å². The van der Waals surface area contributed by atoms with Crippen molar-refractivity contribution < 1.29 is 0 Å².